The van der Waals surface area contributed by atoms with E-state index in [4.69, 9.17) is 14.6 Å². The molecular formula is C23H30N2O7. The van der Waals surface area contributed by atoms with Crippen LogP contribution in [-0.4, -0.2) is 54.2 Å². The van der Waals surface area contributed by atoms with Gasteiger partial charge in [0.1, 0.15) is 13.2 Å². The SMILES string of the molecule is C[C@H](CO)NC(=O)C[C@H]1CC=CCCC(=O)OC[C@H](C(=O)OCc2ccccc2)NC1=O. The number of hydrogen-bond donors (Lipinski definition) is 3. The van der Waals surface area contributed by atoms with E-state index in [0.717, 1.165) is 5.56 Å². The van der Waals surface area contributed by atoms with Gasteiger partial charge in [-0.25, -0.2) is 4.79 Å². The molecule has 9 nitrogen and oxygen atoms in total. The van der Waals surface area contributed by atoms with Crippen molar-refractivity contribution < 1.29 is 33.8 Å². The summed E-state index contributed by atoms with van der Waals surface area (Å²) in [5.74, 6) is -2.88. The standard InChI is InChI=1S/C23H30N2O7/c1-16(13-26)24-20(27)12-18-10-6-3-7-11-21(28)31-15-19(25-22(18)29)23(30)32-14-17-8-4-2-5-9-17/h2-6,8-9,16,18-19,26H,7,10-15H2,1H3,(H,24,27)(H,25,29)/t16-,18-,19-/m1/s1. The lowest BCUT2D eigenvalue weighted by Gasteiger charge is -2.22. The quantitative estimate of drug-likeness (QED) is 0.421. The lowest BCUT2D eigenvalue weighted by Crippen LogP contribution is -2.48. The van der Waals surface area contributed by atoms with E-state index >= 15 is 0 Å². The molecule has 1 aliphatic rings. The van der Waals surface area contributed by atoms with Crippen molar-refractivity contribution in [3.63, 3.8) is 0 Å². The van der Waals surface area contributed by atoms with Gasteiger partial charge in [0.25, 0.3) is 0 Å². The lowest BCUT2D eigenvalue weighted by molar-refractivity contribution is -0.155. The van der Waals surface area contributed by atoms with Crippen LogP contribution in [0.25, 0.3) is 0 Å². The zero-order valence-corrected chi connectivity index (χ0v) is 18.1. The van der Waals surface area contributed by atoms with Crippen molar-refractivity contribution >= 4 is 23.8 Å². The minimum absolute atomic E-state index is 0.00755. The smallest absolute Gasteiger partial charge is 0.332 e. The average Bonchev–Trinajstić information content (AvgIpc) is 2.78. The molecule has 0 aromatic heterocycles. The van der Waals surface area contributed by atoms with E-state index in [1.807, 2.05) is 18.2 Å². The Morgan fingerprint density at radius 2 is 2.00 bits per heavy atom. The number of cyclic esters (lactones) is 1. The fraction of sp³-hybridized carbons (Fsp3) is 0.478. The van der Waals surface area contributed by atoms with Crippen LogP contribution in [0.3, 0.4) is 0 Å². The molecule has 1 heterocycles. The minimum Gasteiger partial charge on any atom is -0.463 e. The predicted molar refractivity (Wildman–Crippen MR) is 115 cm³/mol. The second-order valence-corrected chi connectivity index (χ2v) is 7.64. The molecule has 9 heteroatoms. The summed E-state index contributed by atoms with van der Waals surface area (Å²) in [7, 11) is 0. The van der Waals surface area contributed by atoms with Gasteiger partial charge in [-0.1, -0.05) is 42.5 Å². The lowest BCUT2D eigenvalue weighted by atomic mass is 9.98. The molecule has 0 aliphatic carbocycles. The molecule has 2 amide bonds. The van der Waals surface area contributed by atoms with Crippen LogP contribution in [0.15, 0.2) is 42.5 Å². The number of esters is 2. The van der Waals surface area contributed by atoms with E-state index in [0.29, 0.717) is 6.42 Å². The molecule has 2 rings (SSSR count). The minimum atomic E-state index is -1.19. The van der Waals surface area contributed by atoms with E-state index in [-0.39, 0.29) is 45.0 Å². The summed E-state index contributed by atoms with van der Waals surface area (Å²) in [6, 6.07) is 7.41. The maximum Gasteiger partial charge on any atom is 0.332 e. The molecule has 0 spiro atoms. The molecule has 1 aromatic rings. The van der Waals surface area contributed by atoms with Crippen molar-refractivity contribution in [3.8, 4) is 0 Å². The summed E-state index contributed by atoms with van der Waals surface area (Å²) < 4.78 is 10.4. The van der Waals surface area contributed by atoms with Gasteiger partial charge in [0.2, 0.25) is 11.8 Å². The van der Waals surface area contributed by atoms with E-state index in [2.05, 4.69) is 10.6 Å². The molecule has 174 valence electrons. The highest BCUT2D eigenvalue weighted by molar-refractivity contribution is 5.89. The van der Waals surface area contributed by atoms with Crippen LogP contribution in [0.1, 0.15) is 38.2 Å². The third-order valence-corrected chi connectivity index (χ3v) is 4.82. The van der Waals surface area contributed by atoms with Crippen LogP contribution in [-0.2, 0) is 35.3 Å². The van der Waals surface area contributed by atoms with Crippen LogP contribution in [0.4, 0.5) is 0 Å². The van der Waals surface area contributed by atoms with Gasteiger partial charge in [0.15, 0.2) is 6.04 Å². The third kappa shape index (κ3) is 8.89. The van der Waals surface area contributed by atoms with Crippen molar-refractivity contribution in [2.45, 2.75) is 51.3 Å². The van der Waals surface area contributed by atoms with E-state index in [1.165, 1.54) is 0 Å². The van der Waals surface area contributed by atoms with Gasteiger partial charge in [0.05, 0.1) is 12.5 Å². The Balaban J connectivity index is 2.08. The summed E-state index contributed by atoms with van der Waals surface area (Å²) in [5.41, 5.74) is 0.773. The Labute approximate surface area is 187 Å². The van der Waals surface area contributed by atoms with Gasteiger partial charge in [-0.3, -0.25) is 14.4 Å². The molecule has 1 aliphatic heterocycles. The number of carbonyl (C=O) groups is 4. The molecule has 0 fully saturated rings. The summed E-state index contributed by atoms with van der Waals surface area (Å²) in [6.45, 7) is 1.07. The zero-order valence-electron chi connectivity index (χ0n) is 18.1. The van der Waals surface area contributed by atoms with Crippen LogP contribution < -0.4 is 10.6 Å². The number of aliphatic hydroxyl groups excluding tert-OH is 1. The summed E-state index contributed by atoms with van der Waals surface area (Å²) in [4.78, 5) is 49.6. The monoisotopic (exact) mass is 446 g/mol. The molecule has 3 N–H and O–H groups in total. The van der Waals surface area contributed by atoms with E-state index in [9.17, 15) is 19.2 Å². The highest BCUT2D eigenvalue weighted by Gasteiger charge is 2.29. The van der Waals surface area contributed by atoms with Crippen molar-refractivity contribution in [2.75, 3.05) is 13.2 Å². The second kappa shape index (κ2) is 13.3. The number of ether oxygens (including phenoxy) is 2. The zero-order chi connectivity index (χ0) is 23.3. The first-order valence-electron chi connectivity index (χ1n) is 10.6. The van der Waals surface area contributed by atoms with Crippen LogP contribution in [0, 0.1) is 5.92 Å². The Morgan fingerprint density at radius 3 is 2.72 bits per heavy atom. The van der Waals surface area contributed by atoms with Crippen LogP contribution in [0.5, 0.6) is 0 Å². The highest BCUT2D eigenvalue weighted by Crippen LogP contribution is 2.13. The first kappa shape index (κ1) is 25.1. The molecule has 0 saturated heterocycles. The van der Waals surface area contributed by atoms with Gasteiger partial charge < -0.3 is 25.2 Å². The molecule has 3 atom stereocenters. The van der Waals surface area contributed by atoms with E-state index in [1.54, 1.807) is 31.2 Å². The highest BCUT2D eigenvalue weighted by atomic mass is 16.6. The van der Waals surface area contributed by atoms with Gasteiger partial charge in [-0.15, -0.1) is 0 Å². The molecular weight excluding hydrogens is 416 g/mol. The normalized spacial score (nSPS) is 20.7. The molecule has 0 bridgehead atoms. The maximum atomic E-state index is 12.9. The van der Waals surface area contributed by atoms with Crippen molar-refractivity contribution in [1.82, 2.24) is 10.6 Å². The molecule has 0 saturated carbocycles. The van der Waals surface area contributed by atoms with Crippen LogP contribution in [0.2, 0.25) is 0 Å². The summed E-state index contributed by atoms with van der Waals surface area (Å²) in [6.07, 6.45) is 4.17. The second-order valence-electron chi connectivity index (χ2n) is 7.64. The van der Waals surface area contributed by atoms with E-state index < -0.39 is 35.8 Å². The molecule has 0 unspecified atom stereocenters. The Hall–Kier alpha value is -3.20. The van der Waals surface area contributed by atoms with Crippen molar-refractivity contribution in [3.05, 3.63) is 48.0 Å². The third-order valence-electron chi connectivity index (χ3n) is 4.82. The molecule has 0 radical (unpaired) electrons. The largest absolute Gasteiger partial charge is 0.463 e. The number of allylic oxidation sites excluding steroid dienone is 2. The van der Waals surface area contributed by atoms with Gasteiger partial charge in [0, 0.05) is 18.9 Å². The van der Waals surface area contributed by atoms with Crippen molar-refractivity contribution in [2.24, 2.45) is 5.92 Å². The first-order valence-corrected chi connectivity index (χ1v) is 10.6. The number of hydrogen-bond acceptors (Lipinski definition) is 7. The predicted octanol–water partition coefficient (Wildman–Crippen LogP) is 1.00. The Bertz CT molecular complexity index is 810. The number of carbonyl (C=O) groups excluding carboxylic acids is 4. The number of amides is 2. The van der Waals surface area contributed by atoms with Gasteiger partial charge in [-0.2, -0.15) is 0 Å². The Kier molecular flexibility index (Phi) is 10.4. The average molecular weight is 447 g/mol. The summed E-state index contributed by atoms with van der Waals surface area (Å²) in [5, 5.41) is 14.3. The Morgan fingerprint density at radius 1 is 1.25 bits per heavy atom. The number of rotatable bonds is 7. The van der Waals surface area contributed by atoms with Gasteiger partial charge >= 0.3 is 11.9 Å². The molecule has 1 aromatic carbocycles. The van der Waals surface area contributed by atoms with Crippen molar-refractivity contribution in [1.29, 1.82) is 0 Å². The molecule has 32 heavy (non-hydrogen) atoms. The first-order chi connectivity index (χ1) is 15.4. The fourth-order valence-corrected chi connectivity index (χ4v) is 3.00. The maximum absolute atomic E-state index is 12.9. The number of nitrogens with one attached hydrogen (secondary N) is 2. The van der Waals surface area contributed by atoms with Gasteiger partial charge in [-0.05, 0) is 25.3 Å². The topological polar surface area (TPSA) is 131 Å². The van der Waals surface area contributed by atoms with Crippen LogP contribution >= 0.6 is 0 Å². The summed E-state index contributed by atoms with van der Waals surface area (Å²) >= 11 is 0. The fourth-order valence-electron chi connectivity index (χ4n) is 3.00. The number of benzene rings is 1. The number of aliphatic hydroxyl groups is 1.